The highest BCUT2D eigenvalue weighted by Crippen LogP contribution is 2.36. The minimum Gasteiger partial charge on any atom is -0.853 e. The lowest BCUT2D eigenvalue weighted by atomic mass is 9.74. The van der Waals surface area contributed by atoms with Gasteiger partial charge in [0.1, 0.15) is 24.8 Å². The van der Waals surface area contributed by atoms with E-state index in [1.165, 1.54) is 75.3 Å². The number of nitrogens with zero attached hydrogens (tertiary/aromatic N) is 6. The van der Waals surface area contributed by atoms with Gasteiger partial charge in [-0.3, -0.25) is 9.98 Å². The summed E-state index contributed by atoms with van der Waals surface area (Å²) in [5.41, 5.74) is 5.51. The number of aromatic nitrogens is 4. The first-order valence-electron chi connectivity index (χ1n) is 21.8. The normalized spacial score (nSPS) is 12.8. The second-order valence-electron chi connectivity index (χ2n) is 17.1. The van der Waals surface area contributed by atoms with Gasteiger partial charge in [-0.25, -0.2) is 18.3 Å². The first kappa shape index (κ1) is 44.1. The molecule has 2 aromatic heterocycles. The van der Waals surface area contributed by atoms with E-state index < -0.39 is 0 Å². The third-order valence-electron chi connectivity index (χ3n) is 12.0. The van der Waals surface area contributed by atoms with E-state index in [2.05, 4.69) is 100 Å². The van der Waals surface area contributed by atoms with Crippen molar-refractivity contribution in [2.24, 2.45) is 24.1 Å². The molecule has 58 heavy (non-hydrogen) atoms. The van der Waals surface area contributed by atoms with Crippen LogP contribution in [0.5, 0.6) is 0 Å². The van der Waals surface area contributed by atoms with Crippen LogP contribution in [0.15, 0.2) is 108 Å². The zero-order valence-corrected chi connectivity index (χ0v) is 36.6. The van der Waals surface area contributed by atoms with Crippen LogP contribution in [0.3, 0.4) is 0 Å². The molecule has 2 heterocycles. The van der Waals surface area contributed by atoms with E-state index in [-0.39, 0.29) is 22.6 Å². The van der Waals surface area contributed by atoms with Crippen molar-refractivity contribution in [3.8, 4) is 0 Å². The van der Waals surface area contributed by atoms with E-state index in [9.17, 15) is 10.2 Å². The SMILES string of the molecule is CCCCCCCCn1cc[n+](C)c1C([O-])=Nc1ccc(C(C)(C)c2ccc(C(C)(C)c3ccc(N=C([O-])c4n(CCCCCCCC)cc[n+]4C)cc3)cc2)cc1. The summed E-state index contributed by atoms with van der Waals surface area (Å²) in [6, 6.07) is 25.0. The van der Waals surface area contributed by atoms with E-state index in [0.29, 0.717) is 23.0 Å². The molecule has 8 heteroatoms. The van der Waals surface area contributed by atoms with Gasteiger partial charge in [0.15, 0.2) is 0 Å². The van der Waals surface area contributed by atoms with Gasteiger partial charge >= 0.3 is 0 Å². The topological polar surface area (TPSA) is 88.5 Å². The average molecular weight is 785 g/mol. The van der Waals surface area contributed by atoms with Crippen LogP contribution >= 0.6 is 0 Å². The molecule has 0 aliphatic carbocycles. The fourth-order valence-corrected chi connectivity index (χ4v) is 7.96. The molecule has 5 rings (SSSR count). The van der Waals surface area contributed by atoms with E-state index in [1.54, 1.807) is 0 Å². The molecular weight excluding hydrogens is 717 g/mol. The quantitative estimate of drug-likeness (QED) is 0.0303. The molecule has 310 valence electrons. The Hall–Kier alpha value is -4.98. The Kier molecular flexibility index (Phi) is 15.7. The van der Waals surface area contributed by atoms with Crippen LogP contribution in [-0.2, 0) is 38.0 Å². The van der Waals surface area contributed by atoms with E-state index in [0.717, 1.165) is 37.1 Å². The molecule has 0 radical (unpaired) electrons. The second kappa shape index (κ2) is 20.6. The largest absolute Gasteiger partial charge is 0.853 e. The van der Waals surface area contributed by atoms with Gasteiger partial charge in [-0.05, 0) is 72.2 Å². The first-order valence-corrected chi connectivity index (χ1v) is 21.8. The molecular formula is C50H68N6O2. The van der Waals surface area contributed by atoms with Crippen molar-refractivity contribution in [2.45, 2.75) is 143 Å². The molecule has 5 aromatic rings. The Morgan fingerprint density at radius 2 is 0.776 bits per heavy atom. The van der Waals surface area contributed by atoms with Gasteiger partial charge in [0.25, 0.3) is 11.6 Å². The van der Waals surface area contributed by atoms with Crippen molar-refractivity contribution in [1.82, 2.24) is 9.13 Å². The number of aryl methyl sites for hydroxylation is 4. The fraction of sp³-hybridized carbons (Fsp3) is 0.480. The number of imidazole rings is 2. The fourth-order valence-electron chi connectivity index (χ4n) is 7.96. The monoisotopic (exact) mass is 785 g/mol. The highest BCUT2D eigenvalue weighted by atomic mass is 16.3. The summed E-state index contributed by atoms with van der Waals surface area (Å²) in [5, 5.41) is 26.7. The summed E-state index contributed by atoms with van der Waals surface area (Å²) in [5.74, 6) is 0.772. The molecule has 8 nitrogen and oxygen atoms in total. The van der Waals surface area contributed by atoms with Gasteiger partial charge in [-0.1, -0.05) is 141 Å². The second-order valence-corrected chi connectivity index (χ2v) is 17.1. The Morgan fingerprint density at radius 1 is 0.483 bits per heavy atom. The molecule has 0 atom stereocenters. The zero-order valence-electron chi connectivity index (χ0n) is 36.6. The lowest BCUT2D eigenvalue weighted by Crippen LogP contribution is -2.40. The van der Waals surface area contributed by atoms with Gasteiger partial charge < -0.3 is 10.2 Å². The maximum Gasteiger partial charge on any atom is 0.292 e. The molecule has 0 bridgehead atoms. The summed E-state index contributed by atoms with van der Waals surface area (Å²) in [6.07, 6.45) is 22.4. The smallest absolute Gasteiger partial charge is 0.292 e. The summed E-state index contributed by atoms with van der Waals surface area (Å²) in [7, 11) is 3.82. The first-order chi connectivity index (χ1) is 27.9. The molecule has 0 saturated carbocycles. The molecule has 0 amide bonds. The predicted molar refractivity (Wildman–Crippen MR) is 234 cm³/mol. The van der Waals surface area contributed by atoms with Crippen LogP contribution in [0.25, 0.3) is 0 Å². The van der Waals surface area contributed by atoms with E-state index in [4.69, 9.17) is 0 Å². The van der Waals surface area contributed by atoms with Gasteiger partial charge in [0, 0.05) is 10.8 Å². The van der Waals surface area contributed by atoms with E-state index in [1.807, 2.05) is 81.4 Å². The summed E-state index contributed by atoms with van der Waals surface area (Å²) in [4.78, 5) is 9.01. The summed E-state index contributed by atoms with van der Waals surface area (Å²) >= 11 is 0. The van der Waals surface area contributed by atoms with Gasteiger partial charge in [-0.15, -0.1) is 0 Å². The Balaban J connectivity index is 1.22. The van der Waals surface area contributed by atoms with Crippen molar-refractivity contribution < 1.29 is 19.3 Å². The average Bonchev–Trinajstić information content (AvgIpc) is 3.78. The molecule has 0 spiro atoms. The standard InChI is InChI=1S/C50H68N6O2/c1-9-11-13-15-17-19-33-55-37-35-53(7)47(55)45(57)51-43-29-25-41(26-30-43)49(3,4)39-21-23-40(24-22-39)50(5,6)42-27-31-44(32-28-42)52-46(58)48-54(8)36-38-56(48)34-20-18-16-14-12-10-2/h21-32,35-38H,9-20,33-34H2,1-8H3. The van der Waals surface area contributed by atoms with Crippen LogP contribution in [0.1, 0.15) is 152 Å². The lowest BCUT2D eigenvalue weighted by Gasteiger charge is -2.29. The minimum absolute atomic E-state index is 0.222. The highest BCUT2D eigenvalue weighted by Gasteiger charge is 2.27. The zero-order chi connectivity index (χ0) is 41.7. The van der Waals surface area contributed by atoms with Gasteiger partial charge in [0.05, 0.1) is 50.4 Å². The summed E-state index contributed by atoms with van der Waals surface area (Å²) in [6.45, 7) is 15.0. The van der Waals surface area contributed by atoms with Crippen LogP contribution < -0.4 is 19.3 Å². The number of unbranched alkanes of at least 4 members (excludes halogenated alkanes) is 10. The Bertz CT molecular complexity index is 1930. The molecule has 0 saturated heterocycles. The maximum atomic E-state index is 13.4. The Labute approximate surface area is 348 Å². The van der Waals surface area contributed by atoms with Crippen molar-refractivity contribution in [3.63, 3.8) is 0 Å². The third kappa shape index (κ3) is 11.1. The van der Waals surface area contributed by atoms with Gasteiger partial charge in [-0.2, -0.15) is 0 Å². The third-order valence-corrected chi connectivity index (χ3v) is 12.0. The molecule has 0 fully saturated rings. The van der Waals surface area contributed by atoms with Crippen molar-refractivity contribution in [3.05, 3.63) is 131 Å². The highest BCUT2D eigenvalue weighted by molar-refractivity contribution is 5.88. The van der Waals surface area contributed by atoms with Crippen LogP contribution in [0.4, 0.5) is 11.4 Å². The van der Waals surface area contributed by atoms with Crippen molar-refractivity contribution in [2.75, 3.05) is 0 Å². The number of rotatable bonds is 22. The molecule has 0 N–H and O–H groups in total. The Morgan fingerprint density at radius 3 is 1.10 bits per heavy atom. The van der Waals surface area contributed by atoms with Crippen molar-refractivity contribution in [1.29, 1.82) is 0 Å². The number of hydrogen-bond acceptors (Lipinski definition) is 4. The minimum atomic E-state index is -0.260. The molecule has 3 aromatic carbocycles. The molecule has 0 unspecified atom stereocenters. The summed E-state index contributed by atoms with van der Waals surface area (Å²) < 4.78 is 7.83. The van der Waals surface area contributed by atoms with Crippen LogP contribution in [0, 0.1) is 0 Å². The van der Waals surface area contributed by atoms with Crippen LogP contribution in [-0.4, -0.2) is 20.9 Å². The van der Waals surface area contributed by atoms with E-state index >= 15 is 0 Å². The number of hydrogen-bond donors (Lipinski definition) is 0. The number of benzene rings is 3. The van der Waals surface area contributed by atoms with Crippen molar-refractivity contribution >= 4 is 23.2 Å². The molecule has 0 aliphatic heterocycles. The van der Waals surface area contributed by atoms with Gasteiger partial charge in [0.2, 0.25) is 0 Å². The lowest BCUT2D eigenvalue weighted by molar-refractivity contribution is -0.674. The maximum absolute atomic E-state index is 13.4. The number of aliphatic imine (C=N–C) groups is 2. The predicted octanol–water partition coefficient (Wildman–Crippen LogP) is 9.19. The van der Waals surface area contributed by atoms with Crippen LogP contribution in [0.2, 0.25) is 0 Å². The molecule has 0 aliphatic rings.